The van der Waals surface area contributed by atoms with Gasteiger partial charge in [0.05, 0.1) is 28.5 Å². The minimum atomic E-state index is -0.447. The zero-order valence-corrected chi connectivity index (χ0v) is 24.3. The van der Waals surface area contributed by atoms with Crippen molar-refractivity contribution in [2.24, 2.45) is 16.8 Å². The van der Waals surface area contributed by atoms with Crippen molar-refractivity contribution in [3.63, 3.8) is 0 Å². The van der Waals surface area contributed by atoms with E-state index in [9.17, 15) is 9.59 Å². The SMILES string of the molecule is Cc1ccc(N(c2ccc(C)cc2)c2ccc(-c3ncc(N=C4C(=O)C(=O)C5CCCCC45)c4nsnc34)s2)cc1. The lowest BCUT2D eigenvalue weighted by atomic mass is 9.81. The second-order valence-electron chi connectivity index (χ2n) is 10.8. The molecule has 2 unspecified atom stereocenters. The van der Waals surface area contributed by atoms with E-state index >= 15 is 0 Å². The summed E-state index contributed by atoms with van der Waals surface area (Å²) in [6, 6.07) is 21.2. The molecule has 2 saturated carbocycles. The molecule has 5 aromatic rings. The first-order valence-corrected chi connectivity index (χ1v) is 15.3. The molecule has 2 aromatic carbocycles. The highest BCUT2D eigenvalue weighted by Crippen LogP contribution is 2.44. The first-order chi connectivity index (χ1) is 20.0. The van der Waals surface area contributed by atoms with E-state index < -0.39 is 5.78 Å². The number of Topliss-reactive ketones (excluding diaryl/α,β-unsaturated/α-hetero) is 2. The number of nitrogens with zero attached hydrogens (tertiary/aromatic N) is 5. The van der Waals surface area contributed by atoms with Gasteiger partial charge < -0.3 is 4.90 Å². The van der Waals surface area contributed by atoms with Crippen LogP contribution in [0.2, 0.25) is 0 Å². The second kappa shape index (κ2) is 10.4. The Labute approximate surface area is 245 Å². The Morgan fingerprint density at radius 3 is 2.12 bits per heavy atom. The van der Waals surface area contributed by atoms with Crippen molar-refractivity contribution >= 4 is 73.4 Å². The molecule has 41 heavy (non-hydrogen) atoms. The lowest BCUT2D eigenvalue weighted by Crippen LogP contribution is -2.21. The first-order valence-electron chi connectivity index (χ1n) is 13.8. The predicted octanol–water partition coefficient (Wildman–Crippen LogP) is 7.93. The lowest BCUT2D eigenvalue weighted by Gasteiger charge is -2.24. The fraction of sp³-hybridized carbons (Fsp3) is 0.250. The quantitative estimate of drug-likeness (QED) is 0.197. The Morgan fingerprint density at radius 1 is 0.805 bits per heavy atom. The van der Waals surface area contributed by atoms with Crippen LogP contribution in [-0.2, 0) is 9.59 Å². The summed E-state index contributed by atoms with van der Waals surface area (Å²) in [5.74, 6) is -1.05. The van der Waals surface area contributed by atoms with E-state index in [-0.39, 0.29) is 17.6 Å². The largest absolute Gasteiger partial charge is 0.302 e. The van der Waals surface area contributed by atoms with Crippen LogP contribution in [0, 0.1) is 25.7 Å². The van der Waals surface area contributed by atoms with Gasteiger partial charge in [0.1, 0.15) is 27.4 Å². The molecule has 7 nitrogen and oxygen atoms in total. The molecule has 2 fully saturated rings. The number of aromatic nitrogens is 3. The van der Waals surface area contributed by atoms with Crippen LogP contribution in [0.25, 0.3) is 21.6 Å². The van der Waals surface area contributed by atoms with Crippen LogP contribution in [0.1, 0.15) is 36.8 Å². The third-order valence-electron chi connectivity index (χ3n) is 8.05. The number of fused-ring (bicyclic) bond motifs is 2. The summed E-state index contributed by atoms with van der Waals surface area (Å²) in [5, 5.41) is 1.05. The minimum Gasteiger partial charge on any atom is -0.302 e. The molecule has 0 spiro atoms. The minimum absolute atomic E-state index is 0.0977. The molecule has 0 aliphatic heterocycles. The van der Waals surface area contributed by atoms with Gasteiger partial charge in [0.25, 0.3) is 0 Å². The van der Waals surface area contributed by atoms with Crippen LogP contribution in [0.3, 0.4) is 0 Å². The zero-order chi connectivity index (χ0) is 28.1. The number of rotatable bonds is 5. The van der Waals surface area contributed by atoms with Crippen molar-refractivity contribution in [1.82, 2.24) is 13.7 Å². The van der Waals surface area contributed by atoms with E-state index in [2.05, 4.69) is 88.2 Å². The Kier molecular flexibility index (Phi) is 6.55. The van der Waals surface area contributed by atoms with Crippen molar-refractivity contribution in [2.45, 2.75) is 39.5 Å². The molecule has 0 amide bonds. The van der Waals surface area contributed by atoms with Gasteiger partial charge in [-0.2, -0.15) is 8.75 Å². The van der Waals surface area contributed by atoms with Gasteiger partial charge in [-0.1, -0.05) is 48.2 Å². The number of pyridine rings is 1. The molecule has 0 bridgehead atoms. The van der Waals surface area contributed by atoms with Gasteiger partial charge in [-0.15, -0.1) is 11.3 Å². The number of ketones is 2. The predicted molar refractivity (Wildman–Crippen MR) is 165 cm³/mol. The molecule has 0 radical (unpaired) electrons. The van der Waals surface area contributed by atoms with Gasteiger partial charge in [-0.05, 0) is 63.1 Å². The summed E-state index contributed by atoms with van der Waals surface area (Å²) in [5.41, 5.74) is 7.41. The number of aliphatic imine (C=N–C) groups is 1. The van der Waals surface area contributed by atoms with Gasteiger partial charge in [0.2, 0.25) is 11.6 Å². The molecule has 7 rings (SSSR count). The highest BCUT2D eigenvalue weighted by Gasteiger charge is 2.47. The highest BCUT2D eigenvalue weighted by atomic mass is 32.1. The Bertz CT molecular complexity index is 1780. The fourth-order valence-electron chi connectivity index (χ4n) is 5.89. The first kappa shape index (κ1) is 25.9. The van der Waals surface area contributed by atoms with Crippen LogP contribution in [0.15, 0.2) is 71.9 Å². The summed E-state index contributed by atoms with van der Waals surface area (Å²) >= 11 is 2.73. The standard InChI is InChI=1S/C32H27N5O2S2/c1-18-7-11-20(12-8-18)37(21-13-9-19(2)10-14-21)26-16-15-25(40-26)29-30-28(35-41-36-30)24(17-33-29)34-27-22-5-3-4-6-23(22)31(38)32(27)39/h7-17,22-23H,3-6H2,1-2H3. The number of anilines is 3. The molecule has 3 heterocycles. The maximum atomic E-state index is 12.8. The average molecular weight is 578 g/mol. The fourth-order valence-corrected chi connectivity index (χ4v) is 7.49. The molecular formula is C32H27N5O2S2. The number of carbonyl (C=O) groups excluding carboxylic acids is 2. The summed E-state index contributed by atoms with van der Waals surface area (Å²) in [6.45, 7) is 4.18. The highest BCUT2D eigenvalue weighted by molar-refractivity contribution is 7.19. The van der Waals surface area contributed by atoms with Gasteiger partial charge in [0.15, 0.2) is 0 Å². The van der Waals surface area contributed by atoms with Crippen molar-refractivity contribution in [2.75, 3.05) is 4.90 Å². The maximum Gasteiger partial charge on any atom is 0.243 e. The number of hydrogen-bond donors (Lipinski definition) is 0. The summed E-state index contributed by atoms with van der Waals surface area (Å²) < 4.78 is 9.11. The van der Waals surface area contributed by atoms with E-state index in [4.69, 9.17) is 9.98 Å². The van der Waals surface area contributed by atoms with Crippen LogP contribution in [0.4, 0.5) is 22.1 Å². The van der Waals surface area contributed by atoms with Crippen LogP contribution < -0.4 is 4.90 Å². The third kappa shape index (κ3) is 4.59. The molecule has 9 heteroatoms. The van der Waals surface area contributed by atoms with Crippen molar-refractivity contribution in [3.05, 3.63) is 78.0 Å². The maximum absolute atomic E-state index is 12.8. The number of carbonyl (C=O) groups is 2. The second-order valence-corrected chi connectivity index (χ2v) is 12.4. The molecule has 2 atom stereocenters. The summed E-state index contributed by atoms with van der Waals surface area (Å²) in [6.07, 6.45) is 5.24. The normalized spacial score (nSPS) is 19.7. The Hall–Kier alpha value is -4.08. The van der Waals surface area contributed by atoms with E-state index in [1.165, 1.54) is 11.1 Å². The van der Waals surface area contributed by atoms with Gasteiger partial charge in [-0.3, -0.25) is 14.6 Å². The number of aryl methyl sites for hydroxylation is 2. The molecule has 0 N–H and O–H groups in total. The molecule has 204 valence electrons. The van der Waals surface area contributed by atoms with Crippen LogP contribution in [-0.4, -0.2) is 31.0 Å². The smallest absolute Gasteiger partial charge is 0.243 e. The molecule has 0 saturated heterocycles. The molecule has 2 aliphatic rings. The van der Waals surface area contributed by atoms with Crippen molar-refractivity contribution in [1.29, 1.82) is 0 Å². The zero-order valence-electron chi connectivity index (χ0n) is 22.7. The topological polar surface area (TPSA) is 88.4 Å². The average Bonchev–Trinajstić information content (AvgIpc) is 3.73. The van der Waals surface area contributed by atoms with Gasteiger partial charge in [-0.25, -0.2) is 4.99 Å². The van der Waals surface area contributed by atoms with E-state index in [0.29, 0.717) is 22.4 Å². The monoisotopic (exact) mass is 577 g/mol. The Morgan fingerprint density at radius 2 is 1.44 bits per heavy atom. The van der Waals surface area contributed by atoms with Crippen molar-refractivity contribution in [3.8, 4) is 10.6 Å². The van der Waals surface area contributed by atoms with E-state index in [0.717, 1.165) is 64.4 Å². The third-order valence-corrected chi connectivity index (χ3v) is 9.66. The van der Waals surface area contributed by atoms with Crippen LogP contribution in [0.5, 0.6) is 0 Å². The molecule has 3 aromatic heterocycles. The number of benzene rings is 2. The number of hydrogen-bond acceptors (Lipinski definition) is 9. The van der Waals surface area contributed by atoms with E-state index in [1.54, 1.807) is 17.5 Å². The number of thiophene rings is 1. The van der Waals surface area contributed by atoms with Gasteiger partial charge in [0, 0.05) is 23.2 Å². The molecule has 2 aliphatic carbocycles. The van der Waals surface area contributed by atoms with Crippen molar-refractivity contribution < 1.29 is 9.59 Å². The summed E-state index contributed by atoms with van der Waals surface area (Å²) in [7, 11) is 0. The Balaban J connectivity index is 1.28. The van der Waals surface area contributed by atoms with E-state index in [1.807, 2.05) is 0 Å². The molecular weight excluding hydrogens is 551 g/mol. The van der Waals surface area contributed by atoms with Crippen LogP contribution >= 0.6 is 23.1 Å². The van der Waals surface area contributed by atoms with Gasteiger partial charge >= 0.3 is 0 Å². The lowest BCUT2D eigenvalue weighted by molar-refractivity contribution is -0.134. The summed E-state index contributed by atoms with van der Waals surface area (Å²) in [4.78, 5) is 38.1.